The number of carboxylic acids is 1. The van der Waals surface area contributed by atoms with Gasteiger partial charge in [0, 0.05) is 0 Å². The highest BCUT2D eigenvalue weighted by Gasteiger charge is 2.40. The third kappa shape index (κ3) is 1.14. The third-order valence-electron chi connectivity index (χ3n) is 2.23. The Labute approximate surface area is 59.7 Å². The summed E-state index contributed by atoms with van der Waals surface area (Å²) < 4.78 is 0. The van der Waals surface area contributed by atoms with Gasteiger partial charge in [-0.3, -0.25) is 4.79 Å². The second kappa shape index (κ2) is 2.23. The lowest BCUT2D eigenvalue weighted by Crippen LogP contribution is -2.24. The zero-order valence-electron chi connectivity index (χ0n) is 6.00. The van der Waals surface area contributed by atoms with Gasteiger partial charge in [0.1, 0.15) is 0 Å². The second-order valence-corrected chi connectivity index (χ2v) is 3.26. The lowest BCUT2D eigenvalue weighted by Gasteiger charge is -2.16. The summed E-state index contributed by atoms with van der Waals surface area (Å²) in [4.78, 5) is 10.6. The molecule has 0 aromatic rings. The molecule has 0 aliphatic heterocycles. The van der Waals surface area contributed by atoms with Gasteiger partial charge in [-0.05, 0) is 26.2 Å². The number of rotatable bonds is 1. The van der Waals surface area contributed by atoms with E-state index in [1.165, 1.54) is 0 Å². The quantitative estimate of drug-likeness (QED) is 0.567. The Morgan fingerprint density at radius 1 is 1.70 bits per heavy atom. The fourth-order valence-electron chi connectivity index (χ4n) is 1.40. The van der Waals surface area contributed by atoms with Gasteiger partial charge >= 0.3 is 5.97 Å². The van der Waals surface area contributed by atoms with Crippen LogP contribution in [0.2, 0.25) is 0 Å². The van der Waals surface area contributed by atoms with Crippen molar-refractivity contribution in [2.45, 2.75) is 32.3 Å². The van der Waals surface area contributed by atoms with Gasteiger partial charge < -0.3 is 10.2 Å². The largest absolute Gasteiger partial charge is 0.481 e. The van der Waals surface area contributed by atoms with Crippen LogP contribution >= 0.6 is 0 Å². The molecule has 58 valence electrons. The maximum atomic E-state index is 10.6. The lowest BCUT2D eigenvalue weighted by atomic mass is 9.89. The van der Waals surface area contributed by atoms with Gasteiger partial charge in [0.2, 0.25) is 0 Å². The summed E-state index contributed by atoms with van der Waals surface area (Å²) in [6, 6.07) is 0. The maximum absolute atomic E-state index is 10.6. The van der Waals surface area contributed by atoms with Crippen LogP contribution in [0.25, 0.3) is 0 Å². The first-order valence-corrected chi connectivity index (χ1v) is 3.46. The summed E-state index contributed by atoms with van der Waals surface area (Å²) in [6.45, 7) is 1.69. The van der Waals surface area contributed by atoms with E-state index >= 15 is 0 Å². The number of carbonyl (C=O) groups is 1. The molecule has 3 nitrogen and oxygen atoms in total. The first kappa shape index (κ1) is 7.54. The predicted molar refractivity (Wildman–Crippen MR) is 35.6 cm³/mol. The average Bonchev–Trinajstić information content (AvgIpc) is 2.13. The maximum Gasteiger partial charge on any atom is 0.309 e. The van der Waals surface area contributed by atoms with Gasteiger partial charge in [-0.15, -0.1) is 0 Å². The van der Waals surface area contributed by atoms with Crippen molar-refractivity contribution < 1.29 is 15.0 Å². The van der Waals surface area contributed by atoms with Crippen LogP contribution in [0, 0.1) is 5.41 Å². The molecule has 0 heterocycles. The van der Waals surface area contributed by atoms with Crippen LogP contribution in [0.5, 0.6) is 0 Å². The van der Waals surface area contributed by atoms with Crippen molar-refractivity contribution in [2.24, 2.45) is 5.41 Å². The van der Waals surface area contributed by atoms with Gasteiger partial charge in [-0.1, -0.05) is 0 Å². The van der Waals surface area contributed by atoms with E-state index in [0.29, 0.717) is 19.3 Å². The summed E-state index contributed by atoms with van der Waals surface area (Å²) in [5.74, 6) is -0.788. The summed E-state index contributed by atoms with van der Waals surface area (Å²) in [5.41, 5.74) is -0.667. The molecule has 3 heteroatoms. The minimum atomic E-state index is -0.788. The second-order valence-electron chi connectivity index (χ2n) is 3.26. The molecule has 0 saturated heterocycles. The predicted octanol–water partition coefficient (Wildman–Crippen LogP) is 0.622. The Balaban J connectivity index is 2.63. The fraction of sp³-hybridized carbons (Fsp3) is 0.857. The van der Waals surface area contributed by atoms with E-state index in [-0.39, 0.29) is 0 Å². The molecule has 1 rings (SSSR count). The molecule has 0 aromatic carbocycles. The number of aliphatic hydroxyl groups excluding tert-OH is 1. The highest BCUT2D eigenvalue weighted by molar-refractivity contribution is 5.74. The number of aliphatic hydroxyl groups is 1. The molecule has 0 amide bonds. The Morgan fingerprint density at radius 2 is 2.30 bits per heavy atom. The van der Waals surface area contributed by atoms with Crippen molar-refractivity contribution >= 4 is 5.97 Å². The Kier molecular flexibility index (Phi) is 1.68. The molecule has 2 atom stereocenters. The molecular formula is C7H12O3. The molecule has 0 radical (unpaired) electrons. The van der Waals surface area contributed by atoms with Crippen molar-refractivity contribution in [3.05, 3.63) is 0 Å². The Bertz CT molecular complexity index is 155. The average molecular weight is 144 g/mol. The molecule has 1 aliphatic rings. The van der Waals surface area contributed by atoms with E-state index in [1.54, 1.807) is 6.92 Å². The summed E-state index contributed by atoms with van der Waals surface area (Å²) in [5, 5.41) is 17.7. The molecule has 2 N–H and O–H groups in total. The van der Waals surface area contributed by atoms with Gasteiger partial charge in [0.05, 0.1) is 11.5 Å². The van der Waals surface area contributed by atoms with E-state index in [9.17, 15) is 4.79 Å². The Morgan fingerprint density at radius 3 is 2.50 bits per heavy atom. The van der Waals surface area contributed by atoms with Crippen molar-refractivity contribution in [3.8, 4) is 0 Å². The van der Waals surface area contributed by atoms with Crippen molar-refractivity contribution in [2.75, 3.05) is 0 Å². The van der Waals surface area contributed by atoms with Gasteiger partial charge in [-0.25, -0.2) is 0 Å². The van der Waals surface area contributed by atoms with Crippen molar-refractivity contribution in [1.82, 2.24) is 0 Å². The number of hydrogen-bond acceptors (Lipinski definition) is 2. The van der Waals surface area contributed by atoms with Crippen LogP contribution in [0.1, 0.15) is 26.2 Å². The van der Waals surface area contributed by atoms with E-state index in [2.05, 4.69) is 0 Å². The van der Waals surface area contributed by atoms with Crippen LogP contribution in [0.3, 0.4) is 0 Å². The summed E-state index contributed by atoms with van der Waals surface area (Å²) in [6.07, 6.45) is 1.23. The smallest absolute Gasteiger partial charge is 0.309 e. The van der Waals surface area contributed by atoms with Crippen LogP contribution < -0.4 is 0 Å². The lowest BCUT2D eigenvalue weighted by molar-refractivity contribution is -0.147. The first-order chi connectivity index (χ1) is 4.54. The van der Waals surface area contributed by atoms with E-state index < -0.39 is 17.5 Å². The van der Waals surface area contributed by atoms with E-state index in [1.807, 2.05) is 0 Å². The van der Waals surface area contributed by atoms with E-state index in [4.69, 9.17) is 10.2 Å². The molecule has 1 fully saturated rings. The molecule has 1 saturated carbocycles. The molecule has 1 aliphatic carbocycles. The topological polar surface area (TPSA) is 57.5 Å². The zero-order chi connectivity index (χ0) is 7.78. The number of aliphatic carboxylic acids is 1. The normalized spacial score (nSPS) is 40.0. The monoisotopic (exact) mass is 144 g/mol. The van der Waals surface area contributed by atoms with Gasteiger partial charge in [0.15, 0.2) is 0 Å². The Hall–Kier alpha value is -0.570. The minimum Gasteiger partial charge on any atom is -0.481 e. The van der Waals surface area contributed by atoms with Crippen LogP contribution in [0.15, 0.2) is 0 Å². The van der Waals surface area contributed by atoms with Crippen molar-refractivity contribution in [3.63, 3.8) is 0 Å². The van der Waals surface area contributed by atoms with Crippen LogP contribution in [-0.2, 0) is 4.79 Å². The molecule has 0 bridgehead atoms. The molecule has 0 spiro atoms. The van der Waals surface area contributed by atoms with E-state index in [0.717, 1.165) is 0 Å². The summed E-state index contributed by atoms with van der Waals surface area (Å²) >= 11 is 0. The number of hydrogen-bond donors (Lipinski definition) is 2. The summed E-state index contributed by atoms with van der Waals surface area (Å²) in [7, 11) is 0. The standard InChI is InChI=1S/C7H12O3/c1-7(6(9)10)3-2-5(8)4-7/h5,8H,2-4H2,1H3,(H,9,10). The fourth-order valence-corrected chi connectivity index (χ4v) is 1.40. The third-order valence-corrected chi connectivity index (χ3v) is 2.23. The minimum absolute atomic E-state index is 0.402. The molecule has 0 aromatic heterocycles. The van der Waals surface area contributed by atoms with Crippen LogP contribution in [0.4, 0.5) is 0 Å². The van der Waals surface area contributed by atoms with Crippen LogP contribution in [-0.4, -0.2) is 22.3 Å². The molecule has 10 heavy (non-hydrogen) atoms. The highest BCUT2D eigenvalue weighted by Crippen LogP contribution is 2.37. The SMILES string of the molecule is CC1(C(=O)O)CCC(O)C1. The van der Waals surface area contributed by atoms with Gasteiger partial charge in [-0.2, -0.15) is 0 Å². The highest BCUT2D eigenvalue weighted by atomic mass is 16.4. The number of carboxylic acid groups (broad SMARTS) is 1. The zero-order valence-corrected chi connectivity index (χ0v) is 6.00. The van der Waals surface area contributed by atoms with Crippen molar-refractivity contribution in [1.29, 1.82) is 0 Å². The molecule has 2 unspecified atom stereocenters. The molecular weight excluding hydrogens is 132 g/mol. The first-order valence-electron chi connectivity index (χ1n) is 3.46. The van der Waals surface area contributed by atoms with Gasteiger partial charge in [0.25, 0.3) is 0 Å².